The number of hydrogen-bond acceptors (Lipinski definition) is 4. The number of halogens is 3. The number of nitrogens with one attached hydrogen (secondary N) is 1. The molecule has 0 fully saturated rings. The minimum atomic E-state index is -2.75. The fourth-order valence-corrected chi connectivity index (χ4v) is 2.25. The molecule has 0 spiro atoms. The topological polar surface area (TPSA) is 72.2 Å². The summed E-state index contributed by atoms with van der Waals surface area (Å²) >= 11 is 3.29. The van der Waals surface area contributed by atoms with Gasteiger partial charge in [-0.15, -0.1) is 5.10 Å². The highest BCUT2D eigenvalue weighted by molar-refractivity contribution is 9.10. The fourth-order valence-electron chi connectivity index (χ4n) is 1.99. The van der Waals surface area contributed by atoms with E-state index in [1.54, 1.807) is 31.2 Å². The van der Waals surface area contributed by atoms with Crippen LogP contribution in [-0.4, -0.2) is 25.5 Å². The third kappa shape index (κ3) is 3.19. The lowest BCUT2D eigenvalue weighted by atomic mass is 10.3. The molecule has 0 aliphatic rings. The molecule has 0 unspecified atom stereocenters. The molecule has 1 aromatic carbocycles. The quantitative estimate of drug-likeness (QED) is 0.754. The molecule has 0 radical (unpaired) electrons. The van der Waals surface area contributed by atoms with E-state index < -0.39 is 12.3 Å². The molecule has 1 N–H and O–H groups in total. The Labute approximate surface area is 137 Å². The third-order valence-electron chi connectivity index (χ3n) is 3.00. The number of nitrogens with zero attached hydrogens (tertiary/aromatic N) is 4. The number of benzene rings is 1. The van der Waals surface area contributed by atoms with Crippen LogP contribution in [-0.2, 0) is 0 Å². The highest BCUT2D eigenvalue weighted by Gasteiger charge is 2.19. The summed E-state index contributed by atoms with van der Waals surface area (Å²) in [5, 5.41) is 6.43. The largest absolute Gasteiger partial charge is 0.319 e. The lowest BCUT2D eigenvalue weighted by Gasteiger charge is -2.03. The van der Waals surface area contributed by atoms with Gasteiger partial charge >= 0.3 is 0 Å². The predicted molar refractivity (Wildman–Crippen MR) is 82.6 cm³/mol. The van der Waals surface area contributed by atoms with Crippen molar-refractivity contribution in [3.05, 3.63) is 52.0 Å². The van der Waals surface area contributed by atoms with Crippen LogP contribution in [0, 0.1) is 6.92 Å². The minimum absolute atomic E-state index is 0.0405. The highest BCUT2D eigenvalue weighted by atomic mass is 79.9. The molecule has 3 rings (SSSR count). The van der Waals surface area contributed by atoms with Crippen molar-refractivity contribution in [3.63, 3.8) is 0 Å². The average Bonchev–Trinajstić information content (AvgIpc) is 2.92. The number of rotatable bonds is 3. The predicted octanol–water partition coefficient (Wildman–Crippen LogP) is 3.39. The van der Waals surface area contributed by atoms with Crippen LogP contribution >= 0.6 is 15.9 Å². The Morgan fingerprint density at radius 3 is 2.61 bits per heavy atom. The monoisotopic (exact) mass is 381 g/mol. The van der Waals surface area contributed by atoms with Crippen LogP contribution in [0.15, 0.2) is 34.8 Å². The number of alkyl halides is 2. The normalized spacial score (nSPS) is 11.2. The summed E-state index contributed by atoms with van der Waals surface area (Å²) in [5.41, 5.74) is 0.554. The van der Waals surface area contributed by atoms with Crippen molar-refractivity contribution in [2.45, 2.75) is 13.3 Å². The van der Waals surface area contributed by atoms with E-state index in [0.717, 1.165) is 8.99 Å². The van der Waals surface area contributed by atoms with E-state index in [1.165, 1.54) is 6.07 Å². The molecule has 1 amide bonds. The Morgan fingerprint density at radius 1 is 1.26 bits per heavy atom. The van der Waals surface area contributed by atoms with E-state index in [9.17, 15) is 13.6 Å². The standard InChI is InChI=1S/C14H10BrF2N5O/c1-7-6-10(11(16)17)22-14(18-7)20-12(21-22)13(23)19-9-4-2-8(15)3-5-9/h2-6,11H,1H3,(H,19,23). The fraction of sp³-hybridized carbons (Fsp3) is 0.143. The smallest absolute Gasteiger partial charge is 0.295 e. The summed E-state index contributed by atoms with van der Waals surface area (Å²) in [6, 6.07) is 8.09. The summed E-state index contributed by atoms with van der Waals surface area (Å²) in [4.78, 5) is 20.1. The van der Waals surface area contributed by atoms with Gasteiger partial charge in [-0.05, 0) is 37.3 Å². The lowest BCUT2D eigenvalue weighted by molar-refractivity contribution is 0.101. The molecular weight excluding hydrogens is 372 g/mol. The zero-order valence-electron chi connectivity index (χ0n) is 11.8. The van der Waals surface area contributed by atoms with Crippen molar-refractivity contribution in [2.75, 3.05) is 5.32 Å². The van der Waals surface area contributed by atoms with E-state index in [4.69, 9.17) is 0 Å². The van der Waals surface area contributed by atoms with Gasteiger partial charge in [0.1, 0.15) is 5.69 Å². The van der Waals surface area contributed by atoms with Crippen LogP contribution in [0.1, 0.15) is 28.4 Å². The highest BCUT2D eigenvalue weighted by Crippen LogP contribution is 2.20. The molecule has 9 heteroatoms. The van der Waals surface area contributed by atoms with Crippen molar-refractivity contribution in [3.8, 4) is 0 Å². The SMILES string of the molecule is Cc1cc(C(F)F)n2nc(C(=O)Nc3ccc(Br)cc3)nc2n1. The molecule has 2 aromatic heterocycles. The maximum Gasteiger partial charge on any atom is 0.295 e. The van der Waals surface area contributed by atoms with Gasteiger partial charge < -0.3 is 5.32 Å². The summed E-state index contributed by atoms with van der Waals surface area (Å²) in [6.45, 7) is 1.57. The van der Waals surface area contributed by atoms with E-state index in [-0.39, 0.29) is 17.3 Å². The van der Waals surface area contributed by atoms with Gasteiger partial charge in [-0.1, -0.05) is 15.9 Å². The molecular formula is C14H10BrF2N5O. The molecule has 0 saturated heterocycles. The molecule has 23 heavy (non-hydrogen) atoms. The van der Waals surface area contributed by atoms with Crippen LogP contribution in [0.3, 0.4) is 0 Å². The summed E-state index contributed by atoms with van der Waals surface area (Å²) < 4.78 is 27.8. The Kier molecular flexibility index (Phi) is 4.03. The molecule has 0 saturated carbocycles. The van der Waals surface area contributed by atoms with E-state index in [2.05, 4.69) is 36.3 Å². The van der Waals surface area contributed by atoms with Crippen LogP contribution in [0.5, 0.6) is 0 Å². The number of amides is 1. The van der Waals surface area contributed by atoms with E-state index >= 15 is 0 Å². The number of carbonyl (C=O) groups excluding carboxylic acids is 1. The average molecular weight is 382 g/mol. The molecule has 6 nitrogen and oxygen atoms in total. The van der Waals surface area contributed by atoms with Gasteiger partial charge in [0.05, 0.1) is 0 Å². The molecule has 0 aliphatic heterocycles. The summed E-state index contributed by atoms with van der Waals surface area (Å²) in [7, 11) is 0. The Bertz CT molecular complexity index is 879. The van der Waals surface area contributed by atoms with Crippen molar-refractivity contribution in [1.82, 2.24) is 19.6 Å². The minimum Gasteiger partial charge on any atom is -0.319 e. The number of aromatic nitrogens is 4. The maximum absolute atomic E-state index is 13.1. The third-order valence-corrected chi connectivity index (χ3v) is 3.53. The van der Waals surface area contributed by atoms with Gasteiger partial charge in [-0.3, -0.25) is 4.79 Å². The lowest BCUT2D eigenvalue weighted by Crippen LogP contribution is -2.14. The Morgan fingerprint density at radius 2 is 1.96 bits per heavy atom. The number of aryl methyl sites for hydroxylation is 1. The molecule has 0 aliphatic carbocycles. The van der Waals surface area contributed by atoms with Crippen LogP contribution < -0.4 is 5.32 Å². The second-order valence-corrected chi connectivity index (χ2v) is 5.65. The molecule has 0 bridgehead atoms. The molecule has 3 aromatic rings. The number of anilines is 1. The van der Waals surface area contributed by atoms with Gasteiger partial charge in [-0.25, -0.2) is 13.8 Å². The first-order valence-electron chi connectivity index (χ1n) is 6.53. The Balaban J connectivity index is 1.95. The number of carbonyl (C=O) groups is 1. The van der Waals surface area contributed by atoms with E-state index in [1.807, 2.05) is 0 Å². The van der Waals surface area contributed by atoms with Gasteiger partial charge in [0.15, 0.2) is 0 Å². The van der Waals surface area contributed by atoms with Crippen LogP contribution in [0.4, 0.5) is 14.5 Å². The number of fused-ring (bicyclic) bond motifs is 1. The molecule has 0 atom stereocenters. The zero-order chi connectivity index (χ0) is 16.6. The van der Waals surface area contributed by atoms with Crippen molar-refractivity contribution in [1.29, 1.82) is 0 Å². The molecule has 118 valence electrons. The maximum atomic E-state index is 13.1. The van der Waals surface area contributed by atoms with E-state index in [0.29, 0.717) is 11.4 Å². The van der Waals surface area contributed by atoms with Crippen LogP contribution in [0.2, 0.25) is 0 Å². The second kappa shape index (κ2) is 5.99. The van der Waals surface area contributed by atoms with Gasteiger partial charge in [-0.2, -0.15) is 9.50 Å². The summed E-state index contributed by atoms with van der Waals surface area (Å²) in [5.74, 6) is -0.870. The number of hydrogen-bond donors (Lipinski definition) is 1. The first-order chi connectivity index (χ1) is 10.9. The molecule has 2 heterocycles. The zero-order valence-corrected chi connectivity index (χ0v) is 13.4. The first kappa shape index (κ1) is 15.5. The van der Waals surface area contributed by atoms with Crippen molar-refractivity contribution < 1.29 is 13.6 Å². The van der Waals surface area contributed by atoms with Gasteiger partial charge in [0, 0.05) is 15.9 Å². The van der Waals surface area contributed by atoms with Gasteiger partial charge in [0.25, 0.3) is 18.1 Å². The second-order valence-electron chi connectivity index (χ2n) is 4.73. The summed E-state index contributed by atoms with van der Waals surface area (Å²) in [6.07, 6.45) is -2.75. The van der Waals surface area contributed by atoms with Gasteiger partial charge in [0.2, 0.25) is 5.82 Å². The Hall–Kier alpha value is -2.42. The van der Waals surface area contributed by atoms with Crippen molar-refractivity contribution >= 4 is 33.3 Å². The first-order valence-corrected chi connectivity index (χ1v) is 7.33. The van der Waals surface area contributed by atoms with Crippen LogP contribution in [0.25, 0.3) is 5.78 Å². The van der Waals surface area contributed by atoms with Crippen molar-refractivity contribution in [2.24, 2.45) is 0 Å².